The summed E-state index contributed by atoms with van der Waals surface area (Å²) in [5.41, 5.74) is 0. The van der Waals surface area contributed by atoms with E-state index in [1.54, 1.807) is 6.92 Å². The van der Waals surface area contributed by atoms with E-state index in [2.05, 4.69) is 9.47 Å². The molecule has 0 aromatic carbocycles. The lowest BCUT2D eigenvalue weighted by atomic mass is 10.4. The maximum atomic E-state index is 9.00. The highest BCUT2D eigenvalue weighted by Gasteiger charge is 2.21. The van der Waals surface area contributed by atoms with Crippen molar-refractivity contribution in [1.82, 2.24) is 0 Å². The predicted molar refractivity (Wildman–Crippen MR) is 42.6 cm³/mol. The summed E-state index contributed by atoms with van der Waals surface area (Å²) in [4.78, 5) is 9.00. The Morgan fingerprint density at radius 2 is 1.67 bits per heavy atom. The van der Waals surface area contributed by atoms with Crippen molar-refractivity contribution < 1.29 is 24.5 Å². The molecule has 0 radical (unpaired) electrons. The molecular formula is C7H16O5. The monoisotopic (exact) mass is 180 g/mol. The van der Waals surface area contributed by atoms with E-state index in [-0.39, 0.29) is 0 Å². The Kier molecular flexibility index (Phi) is 8.14. The minimum atomic E-state index is -1.38. The highest BCUT2D eigenvalue weighted by molar-refractivity contribution is 5.62. The van der Waals surface area contributed by atoms with Gasteiger partial charge in [-0.25, -0.2) is 0 Å². The molecule has 0 spiro atoms. The predicted octanol–water partition coefficient (Wildman–Crippen LogP) is 0.426. The van der Waals surface area contributed by atoms with Gasteiger partial charge in [-0.05, 0) is 0 Å². The Morgan fingerprint density at radius 3 is 1.67 bits per heavy atom. The fraction of sp³-hybridized carbons (Fsp3) is 0.857. The van der Waals surface area contributed by atoms with Crippen LogP contribution in [0.15, 0.2) is 0 Å². The van der Waals surface area contributed by atoms with Crippen LogP contribution in [-0.2, 0) is 14.3 Å². The van der Waals surface area contributed by atoms with Gasteiger partial charge >= 0.3 is 0 Å². The molecule has 0 saturated carbocycles. The van der Waals surface area contributed by atoms with E-state index < -0.39 is 11.9 Å². The second-order valence-corrected chi connectivity index (χ2v) is 1.99. The molecule has 0 fully saturated rings. The fourth-order valence-corrected chi connectivity index (χ4v) is 0.372. The van der Waals surface area contributed by atoms with Gasteiger partial charge < -0.3 is 19.7 Å². The van der Waals surface area contributed by atoms with Gasteiger partial charge in [0.2, 0.25) is 0 Å². The smallest absolute Gasteiger partial charge is 0.300 e. The van der Waals surface area contributed by atoms with Crippen LogP contribution in [-0.4, -0.2) is 36.4 Å². The molecule has 2 N–H and O–H groups in total. The van der Waals surface area contributed by atoms with Crippen molar-refractivity contribution in [3.8, 4) is 0 Å². The first-order valence-electron chi connectivity index (χ1n) is 3.44. The molecule has 5 heteroatoms. The number of carboxylic acid groups (broad SMARTS) is 1. The molecule has 0 unspecified atom stereocenters. The maximum Gasteiger partial charge on any atom is 0.300 e. The minimum Gasteiger partial charge on any atom is -0.481 e. The summed E-state index contributed by atoms with van der Waals surface area (Å²) in [5.74, 6) is -2.21. The normalized spacial score (nSPS) is 10.1. The summed E-state index contributed by atoms with van der Waals surface area (Å²) >= 11 is 0. The van der Waals surface area contributed by atoms with Gasteiger partial charge in [0.15, 0.2) is 0 Å². The van der Waals surface area contributed by atoms with E-state index in [1.807, 2.05) is 0 Å². The number of aliphatic hydroxyl groups is 1. The molecule has 0 aromatic heterocycles. The Hall–Kier alpha value is -0.650. The number of rotatable bonds is 3. The van der Waals surface area contributed by atoms with Crippen molar-refractivity contribution in [1.29, 1.82) is 0 Å². The first-order valence-corrected chi connectivity index (χ1v) is 3.44. The van der Waals surface area contributed by atoms with Crippen molar-refractivity contribution >= 4 is 5.97 Å². The zero-order valence-electron chi connectivity index (χ0n) is 7.83. The van der Waals surface area contributed by atoms with Crippen LogP contribution in [0.2, 0.25) is 0 Å². The summed E-state index contributed by atoms with van der Waals surface area (Å²) in [6, 6.07) is 0. The summed E-state index contributed by atoms with van der Waals surface area (Å²) in [7, 11) is 2.79. The number of aliphatic carboxylic acids is 1. The molecule has 0 aliphatic carbocycles. The van der Waals surface area contributed by atoms with Crippen LogP contribution in [0.1, 0.15) is 20.3 Å². The lowest BCUT2D eigenvalue weighted by Crippen LogP contribution is -2.31. The van der Waals surface area contributed by atoms with Crippen LogP contribution < -0.4 is 0 Å². The molecule has 0 aliphatic heterocycles. The number of carboxylic acids is 1. The number of hydrogen-bond acceptors (Lipinski definition) is 4. The van der Waals surface area contributed by atoms with Gasteiger partial charge in [-0.3, -0.25) is 4.79 Å². The summed E-state index contributed by atoms with van der Waals surface area (Å²) in [6.07, 6.45) is 0.431. The van der Waals surface area contributed by atoms with Crippen molar-refractivity contribution in [2.75, 3.05) is 14.2 Å². The van der Waals surface area contributed by atoms with Gasteiger partial charge in [0, 0.05) is 27.6 Å². The van der Waals surface area contributed by atoms with E-state index in [1.165, 1.54) is 14.2 Å². The number of ether oxygens (including phenoxy) is 2. The average molecular weight is 180 g/mol. The van der Waals surface area contributed by atoms with Crippen LogP contribution in [0, 0.1) is 0 Å². The Bertz CT molecular complexity index is 107. The quantitative estimate of drug-likeness (QED) is 0.616. The molecule has 0 aliphatic rings. The van der Waals surface area contributed by atoms with Crippen LogP contribution in [0.4, 0.5) is 0 Å². The van der Waals surface area contributed by atoms with Crippen LogP contribution in [0.5, 0.6) is 0 Å². The maximum absolute atomic E-state index is 9.00. The Morgan fingerprint density at radius 1 is 1.42 bits per heavy atom. The molecule has 0 saturated heterocycles. The lowest BCUT2D eigenvalue weighted by Gasteiger charge is -2.21. The van der Waals surface area contributed by atoms with Crippen molar-refractivity contribution in [3.63, 3.8) is 0 Å². The minimum absolute atomic E-state index is 0.431. The third-order valence-corrected chi connectivity index (χ3v) is 1.08. The van der Waals surface area contributed by atoms with Crippen molar-refractivity contribution in [3.05, 3.63) is 0 Å². The first kappa shape index (κ1) is 13.9. The molecule has 0 amide bonds. The molecular weight excluding hydrogens is 164 g/mol. The van der Waals surface area contributed by atoms with E-state index in [0.717, 1.165) is 6.92 Å². The summed E-state index contributed by atoms with van der Waals surface area (Å²) in [5, 5.41) is 16.4. The number of hydrogen-bond donors (Lipinski definition) is 2. The lowest BCUT2D eigenvalue weighted by molar-refractivity contribution is -0.340. The largest absolute Gasteiger partial charge is 0.481 e. The summed E-state index contributed by atoms with van der Waals surface area (Å²) < 4.78 is 9.14. The second-order valence-electron chi connectivity index (χ2n) is 1.99. The van der Waals surface area contributed by atoms with Gasteiger partial charge in [-0.2, -0.15) is 0 Å². The van der Waals surface area contributed by atoms with Gasteiger partial charge in [0.05, 0.1) is 0 Å². The third kappa shape index (κ3) is 9.35. The molecule has 0 bridgehead atoms. The molecule has 5 nitrogen and oxygen atoms in total. The zero-order valence-corrected chi connectivity index (χ0v) is 7.83. The molecule has 0 atom stereocenters. The van der Waals surface area contributed by atoms with Gasteiger partial charge in [-0.1, -0.05) is 6.92 Å². The standard InChI is InChI=1S/C5H12O3.C2H4O2/c1-4-5(6,7-2)8-3;1-2(3)4/h6H,4H2,1-3H3;1H3,(H,3,4). The van der Waals surface area contributed by atoms with E-state index >= 15 is 0 Å². The Labute approximate surface area is 71.9 Å². The fourth-order valence-electron chi connectivity index (χ4n) is 0.372. The van der Waals surface area contributed by atoms with Crippen molar-refractivity contribution in [2.24, 2.45) is 0 Å². The van der Waals surface area contributed by atoms with Gasteiger partial charge in [-0.15, -0.1) is 0 Å². The molecule has 0 rings (SSSR count). The highest BCUT2D eigenvalue weighted by atomic mass is 16.8. The molecule has 0 aromatic rings. The average Bonchev–Trinajstić information content (AvgIpc) is 2.02. The van der Waals surface area contributed by atoms with Crippen LogP contribution in [0.3, 0.4) is 0 Å². The van der Waals surface area contributed by atoms with Crippen LogP contribution in [0.25, 0.3) is 0 Å². The number of methoxy groups -OCH3 is 2. The highest BCUT2D eigenvalue weighted by Crippen LogP contribution is 2.09. The third-order valence-electron chi connectivity index (χ3n) is 1.08. The number of carbonyl (C=O) groups is 1. The van der Waals surface area contributed by atoms with E-state index in [9.17, 15) is 0 Å². The van der Waals surface area contributed by atoms with Crippen LogP contribution >= 0.6 is 0 Å². The molecule has 0 heterocycles. The van der Waals surface area contributed by atoms with E-state index in [4.69, 9.17) is 15.0 Å². The second kappa shape index (κ2) is 7.02. The topological polar surface area (TPSA) is 76.0 Å². The first-order chi connectivity index (χ1) is 5.41. The zero-order chi connectivity index (χ0) is 10.2. The van der Waals surface area contributed by atoms with Gasteiger partial charge in [0.25, 0.3) is 11.9 Å². The molecule has 74 valence electrons. The van der Waals surface area contributed by atoms with Crippen molar-refractivity contribution in [2.45, 2.75) is 26.2 Å². The Balaban J connectivity index is 0. The summed E-state index contributed by atoms with van der Waals surface area (Å²) in [6.45, 7) is 2.85. The van der Waals surface area contributed by atoms with E-state index in [0.29, 0.717) is 6.42 Å². The molecule has 12 heavy (non-hydrogen) atoms. The van der Waals surface area contributed by atoms with Gasteiger partial charge in [0.1, 0.15) is 0 Å². The SMILES string of the molecule is CC(=O)O.CCC(O)(OC)OC.